The van der Waals surface area contributed by atoms with Gasteiger partial charge in [-0.2, -0.15) is 0 Å². The normalized spacial score (nSPS) is 42.3. The molecule has 92 valence electrons. The van der Waals surface area contributed by atoms with Gasteiger partial charge in [0.05, 0.1) is 6.10 Å². The van der Waals surface area contributed by atoms with Crippen LogP contribution in [0.15, 0.2) is 12.2 Å². The smallest absolute Gasteiger partial charge is 0.0604 e. The average Bonchev–Trinajstić information content (AvgIpc) is 2.15. The van der Waals surface area contributed by atoms with Crippen molar-refractivity contribution in [1.29, 1.82) is 0 Å². The van der Waals surface area contributed by atoms with E-state index in [1.165, 1.54) is 18.4 Å². The van der Waals surface area contributed by atoms with Gasteiger partial charge in [0.1, 0.15) is 0 Å². The summed E-state index contributed by atoms with van der Waals surface area (Å²) in [4.78, 5) is 0. The van der Waals surface area contributed by atoms with Crippen LogP contribution >= 0.6 is 0 Å². The molecule has 0 aliphatic heterocycles. The predicted octanol–water partition coefficient (Wildman–Crippen LogP) is 3.63. The van der Waals surface area contributed by atoms with Gasteiger partial charge in [0.2, 0.25) is 0 Å². The minimum Gasteiger partial charge on any atom is -0.393 e. The molecule has 0 saturated heterocycles. The van der Waals surface area contributed by atoms with Crippen molar-refractivity contribution in [2.24, 2.45) is 29.1 Å². The molecule has 3 aliphatic rings. The Kier molecular flexibility index (Phi) is 2.94. The van der Waals surface area contributed by atoms with Gasteiger partial charge in [-0.05, 0) is 55.3 Å². The van der Waals surface area contributed by atoms with E-state index in [2.05, 4.69) is 34.3 Å². The Morgan fingerprint density at radius 2 is 2.06 bits per heavy atom. The monoisotopic (exact) mass is 222 g/mol. The van der Waals surface area contributed by atoms with E-state index in [4.69, 9.17) is 0 Å². The fourth-order valence-corrected chi connectivity index (χ4v) is 4.07. The highest BCUT2D eigenvalue weighted by molar-refractivity contribution is 5.08. The molecule has 0 heterocycles. The minimum atomic E-state index is -0.0747. The number of hydrogen-bond donors (Lipinski definition) is 1. The van der Waals surface area contributed by atoms with Crippen LogP contribution in [0.2, 0.25) is 0 Å². The third-order valence-electron chi connectivity index (χ3n) is 5.36. The Bertz CT molecular complexity index is 292. The first-order valence-electron chi connectivity index (χ1n) is 6.66. The zero-order chi connectivity index (χ0) is 12.1. The first kappa shape index (κ1) is 12.2. The van der Waals surface area contributed by atoms with Crippen molar-refractivity contribution in [2.45, 2.75) is 53.1 Å². The lowest BCUT2D eigenvalue weighted by Gasteiger charge is -2.62. The number of aliphatic hydroxyl groups is 1. The molecule has 0 aromatic carbocycles. The highest BCUT2D eigenvalue weighted by Crippen LogP contribution is 2.61. The van der Waals surface area contributed by atoms with E-state index in [1.807, 2.05) is 0 Å². The van der Waals surface area contributed by atoms with Gasteiger partial charge in [-0.1, -0.05) is 26.3 Å². The standard InChI is InChI=1S/C15H26O/c1-9(2)6-10(3)12-7-11-8-13(14(12)16)15(11,4)5/h10-14,16H,1,6-8H2,2-5H3/t10-,11?,12-,13?,14?/m1/s1. The van der Waals surface area contributed by atoms with Crippen LogP contribution in [0.5, 0.6) is 0 Å². The van der Waals surface area contributed by atoms with Crippen molar-refractivity contribution in [2.75, 3.05) is 0 Å². The van der Waals surface area contributed by atoms with E-state index in [-0.39, 0.29) is 6.10 Å². The number of allylic oxidation sites excluding steroid dienone is 1. The summed E-state index contributed by atoms with van der Waals surface area (Å²) in [5, 5.41) is 10.5. The summed E-state index contributed by atoms with van der Waals surface area (Å²) < 4.78 is 0. The second-order valence-corrected chi connectivity index (χ2v) is 6.89. The molecule has 3 fully saturated rings. The van der Waals surface area contributed by atoms with Gasteiger partial charge < -0.3 is 5.11 Å². The quantitative estimate of drug-likeness (QED) is 0.723. The predicted molar refractivity (Wildman–Crippen MR) is 68.1 cm³/mol. The maximum Gasteiger partial charge on any atom is 0.0604 e. The number of fused-ring (bicyclic) bond motifs is 2. The number of rotatable bonds is 3. The molecule has 1 heteroatoms. The van der Waals surface area contributed by atoms with Gasteiger partial charge >= 0.3 is 0 Å². The van der Waals surface area contributed by atoms with Gasteiger partial charge in [-0.3, -0.25) is 0 Å². The van der Waals surface area contributed by atoms with E-state index in [0.717, 1.165) is 12.3 Å². The third kappa shape index (κ3) is 1.73. The highest BCUT2D eigenvalue weighted by Gasteiger charge is 2.57. The van der Waals surface area contributed by atoms with E-state index < -0.39 is 0 Å². The number of aliphatic hydroxyl groups excluding tert-OH is 1. The van der Waals surface area contributed by atoms with Crippen LogP contribution in [-0.2, 0) is 0 Å². The molecule has 0 spiro atoms. The topological polar surface area (TPSA) is 20.2 Å². The summed E-state index contributed by atoms with van der Waals surface area (Å²) in [7, 11) is 0. The van der Waals surface area contributed by atoms with Gasteiger partial charge in [-0.15, -0.1) is 6.58 Å². The van der Waals surface area contributed by atoms with Crippen molar-refractivity contribution >= 4 is 0 Å². The van der Waals surface area contributed by atoms with Gasteiger partial charge in [0.15, 0.2) is 0 Å². The van der Waals surface area contributed by atoms with Crippen molar-refractivity contribution in [3.8, 4) is 0 Å². The molecule has 0 amide bonds. The fraction of sp³-hybridized carbons (Fsp3) is 0.867. The summed E-state index contributed by atoms with van der Waals surface area (Å²) >= 11 is 0. The van der Waals surface area contributed by atoms with Crippen LogP contribution in [0.3, 0.4) is 0 Å². The largest absolute Gasteiger partial charge is 0.393 e. The lowest BCUT2D eigenvalue weighted by Crippen LogP contribution is -2.59. The maximum absolute atomic E-state index is 10.5. The first-order chi connectivity index (χ1) is 7.34. The fourth-order valence-electron chi connectivity index (χ4n) is 4.07. The molecule has 1 N–H and O–H groups in total. The SMILES string of the molecule is C=C(C)C[C@@H](C)[C@H]1CC2CC(C1O)C2(C)C. The second kappa shape index (κ2) is 3.87. The van der Waals surface area contributed by atoms with E-state index in [1.54, 1.807) is 0 Å². The zero-order valence-corrected chi connectivity index (χ0v) is 11.2. The number of hydrogen-bond acceptors (Lipinski definition) is 1. The molecule has 3 rings (SSSR count). The molecular weight excluding hydrogens is 196 g/mol. The molecule has 1 nitrogen and oxygen atoms in total. The van der Waals surface area contributed by atoms with Gasteiger partial charge in [0.25, 0.3) is 0 Å². The second-order valence-electron chi connectivity index (χ2n) is 6.89. The van der Waals surface area contributed by atoms with Gasteiger partial charge in [0, 0.05) is 0 Å². The Hall–Kier alpha value is -0.300. The molecule has 2 bridgehead atoms. The van der Waals surface area contributed by atoms with Crippen molar-refractivity contribution in [3.05, 3.63) is 12.2 Å². The molecule has 0 aromatic rings. The highest BCUT2D eigenvalue weighted by atomic mass is 16.3. The van der Waals surface area contributed by atoms with Crippen LogP contribution in [0, 0.1) is 29.1 Å². The van der Waals surface area contributed by atoms with Gasteiger partial charge in [-0.25, -0.2) is 0 Å². The van der Waals surface area contributed by atoms with Crippen LogP contribution in [0.4, 0.5) is 0 Å². The van der Waals surface area contributed by atoms with Crippen LogP contribution in [-0.4, -0.2) is 11.2 Å². The van der Waals surface area contributed by atoms with Crippen LogP contribution < -0.4 is 0 Å². The van der Waals surface area contributed by atoms with E-state index in [0.29, 0.717) is 23.2 Å². The summed E-state index contributed by atoms with van der Waals surface area (Å²) in [5.41, 5.74) is 1.64. The molecule has 16 heavy (non-hydrogen) atoms. The van der Waals surface area contributed by atoms with Crippen LogP contribution in [0.1, 0.15) is 47.0 Å². The summed E-state index contributed by atoms with van der Waals surface area (Å²) in [6.07, 6.45) is 3.47. The minimum absolute atomic E-state index is 0.0747. The lowest BCUT2D eigenvalue weighted by molar-refractivity contribution is -0.179. The van der Waals surface area contributed by atoms with Crippen LogP contribution in [0.25, 0.3) is 0 Å². The van der Waals surface area contributed by atoms with Crippen molar-refractivity contribution in [1.82, 2.24) is 0 Å². The Labute approximate surface area is 99.9 Å². The third-order valence-corrected chi connectivity index (χ3v) is 5.36. The maximum atomic E-state index is 10.5. The summed E-state index contributed by atoms with van der Waals surface area (Å²) in [5.74, 6) is 2.49. The Morgan fingerprint density at radius 3 is 2.50 bits per heavy atom. The summed E-state index contributed by atoms with van der Waals surface area (Å²) in [6.45, 7) is 13.0. The molecule has 0 radical (unpaired) electrons. The van der Waals surface area contributed by atoms with Crippen molar-refractivity contribution in [3.63, 3.8) is 0 Å². The van der Waals surface area contributed by atoms with Crippen molar-refractivity contribution < 1.29 is 5.11 Å². The molecule has 0 aromatic heterocycles. The molecular formula is C15H26O. The average molecular weight is 222 g/mol. The van der Waals surface area contributed by atoms with E-state index in [9.17, 15) is 5.11 Å². The van der Waals surface area contributed by atoms with E-state index >= 15 is 0 Å². The first-order valence-corrected chi connectivity index (χ1v) is 6.66. The molecule has 5 atom stereocenters. The molecule has 3 saturated carbocycles. The molecule has 3 aliphatic carbocycles. The Balaban J connectivity index is 2.02. The lowest BCUT2D eigenvalue weighted by atomic mass is 9.44. The molecule has 3 unspecified atom stereocenters. The zero-order valence-electron chi connectivity index (χ0n) is 11.2. The Morgan fingerprint density at radius 1 is 1.44 bits per heavy atom. The summed E-state index contributed by atoms with van der Waals surface area (Å²) in [6, 6.07) is 0.